The Morgan fingerprint density at radius 3 is 2.95 bits per heavy atom. The number of benzene rings is 1. The van der Waals surface area contributed by atoms with Crippen LogP contribution in [0.25, 0.3) is 0 Å². The molecule has 0 bridgehead atoms. The molecule has 2 unspecified atom stereocenters. The average molecular weight is 303 g/mol. The monoisotopic (exact) mass is 302 g/mol. The van der Waals surface area contributed by atoms with E-state index in [1.54, 1.807) is 13.2 Å². The van der Waals surface area contributed by atoms with Crippen molar-refractivity contribution in [3.05, 3.63) is 33.8 Å². The van der Waals surface area contributed by atoms with Crippen molar-refractivity contribution in [3.63, 3.8) is 0 Å². The Morgan fingerprint density at radius 1 is 1.42 bits per heavy atom. The summed E-state index contributed by atoms with van der Waals surface area (Å²) in [5, 5.41) is 1.43. The number of halogens is 2. The van der Waals surface area contributed by atoms with Crippen molar-refractivity contribution < 1.29 is 4.74 Å². The van der Waals surface area contributed by atoms with Crippen LogP contribution in [0.3, 0.4) is 0 Å². The highest BCUT2D eigenvalue weighted by Gasteiger charge is 2.31. The minimum atomic E-state index is 0.0848. The van der Waals surface area contributed by atoms with E-state index in [4.69, 9.17) is 33.7 Å². The van der Waals surface area contributed by atoms with Crippen molar-refractivity contribution in [3.8, 4) is 0 Å². The molecule has 3 nitrogen and oxygen atoms in total. The summed E-state index contributed by atoms with van der Waals surface area (Å²) < 4.78 is 5.18. The smallest absolute Gasteiger partial charge is 0.0589 e. The lowest BCUT2D eigenvalue weighted by Crippen LogP contribution is -2.47. The summed E-state index contributed by atoms with van der Waals surface area (Å²) in [6.07, 6.45) is 2.12. The van der Waals surface area contributed by atoms with Crippen LogP contribution in [0, 0.1) is 0 Å². The number of hydrogen-bond acceptors (Lipinski definition) is 3. The van der Waals surface area contributed by atoms with Gasteiger partial charge in [0, 0.05) is 29.7 Å². The molecule has 1 aliphatic rings. The maximum atomic E-state index is 6.32. The lowest BCUT2D eigenvalue weighted by atomic mass is 9.91. The Bertz CT molecular complexity index is 428. The van der Waals surface area contributed by atoms with Gasteiger partial charge in [0.2, 0.25) is 0 Å². The van der Waals surface area contributed by atoms with Gasteiger partial charge in [-0.2, -0.15) is 0 Å². The molecule has 0 saturated carbocycles. The van der Waals surface area contributed by atoms with E-state index in [9.17, 15) is 0 Å². The van der Waals surface area contributed by atoms with Crippen molar-refractivity contribution >= 4 is 23.2 Å². The van der Waals surface area contributed by atoms with Crippen molar-refractivity contribution in [1.82, 2.24) is 4.90 Å². The fourth-order valence-corrected chi connectivity index (χ4v) is 3.14. The van der Waals surface area contributed by atoms with E-state index in [2.05, 4.69) is 4.90 Å². The molecule has 0 aromatic heterocycles. The highest BCUT2D eigenvalue weighted by atomic mass is 35.5. The molecule has 1 aromatic carbocycles. The van der Waals surface area contributed by atoms with Gasteiger partial charge in [-0.05, 0) is 43.1 Å². The number of nitrogens with zero attached hydrogens (tertiary/aromatic N) is 1. The number of piperidine rings is 1. The van der Waals surface area contributed by atoms with Crippen LogP contribution in [0.1, 0.15) is 24.4 Å². The molecule has 1 aliphatic heterocycles. The Hall–Kier alpha value is -0.320. The number of hydrogen-bond donors (Lipinski definition) is 1. The van der Waals surface area contributed by atoms with Crippen LogP contribution < -0.4 is 5.73 Å². The predicted octanol–water partition coefficient (Wildman–Crippen LogP) is 3.10. The van der Waals surface area contributed by atoms with Gasteiger partial charge in [0.15, 0.2) is 0 Å². The second kappa shape index (κ2) is 6.91. The van der Waals surface area contributed by atoms with Crippen molar-refractivity contribution in [2.24, 2.45) is 5.73 Å². The zero-order valence-electron chi connectivity index (χ0n) is 11.1. The zero-order valence-corrected chi connectivity index (χ0v) is 12.6. The summed E-state index contributed by atoms with van der Waals surface area (Å²) in [4.78, 5) is 2.34. The van der Waals surface area contributed by atoms with E-state index >= 15 is 0 Å². The summed E-state index contributed by atoms with van der Waals surface area (Å²) in [6, 6.07) is 5.78. The van der Waals surface area contributed by atoms with Crippen LogP contribution in [-0.4, -0.2) is 37.7 Å². The van der Waals surface area contributed by atoms with E-state index in [0.717, 1.165) is 36.5 Å². The molecule has 5 heteroatoms. The SMILES string of the molecule is COCCN1CCCC(N)C1c1cc(Cl)ccc1Cl. The average Bonchev–Trinajstić information content (AvgIpc) is 2.39. The standard InChI is InChI=1S/C14H20Cl2N2O/c1-19-8-7-18-6-2-3-13(17)14(18)11-9-10(15)4-5-12(11)16/h4-5,9,13-14H,2-3,6-8,17H2,1H3. The molecule has 2 atom stereocenters. The Kier molecular flexibility index (Phi) is 5.48. The summed E-state index contributed by atoms with van der Waals surface area (Å²) >= 11 is 12.4. The lowest BCUT2D eigenvalue weighted by Gasteiger charge is -2.40. The third kappa shape index (κ3) is 3.61. The van der Waals surface area contributed by atoms with Crippen LogP contribution in [0.4, 0.5) is 0 Å². The van der Waals surface area contributed by atoms with E-state index in [-0.39, 0.29) is 12.1 Å². The molecular weight excluding hydrogens is 283 g/mol. The Labute approximate surface area is 124 Å². The highest BCUT2D eigenvalue weighted by Crippen LogP contribution is 2.35. The first-order valence-electron chi connectivity index (χ1n) is 6.57. The molecule has 1 fully saturated rings. The molecule has 0 amide bonds. The van der Waals surface area contributed by atoms with Crippen molar-refractivity contribution in [2.45, 2.75) is 24.9 Å². The van der Waals surface area contributed by atoms with Gasteiger partial charge in [0.1, 0.15) is 0 Å². The topological polar surface area (TPSA) is 38.5 Å². The molecule has 1 aromatic rings. The van der Waals surface area contributed by atoms with Gasteiger partial charge in [0.05, 0.1) is 12.6 Å². The fraction of sp³-hybridized carbons (Fsp3) is 0.571. The molecular formula is C14H20Cl2N2O. The molecule has 19 heavy (non-hydrogen) atoms. The van der Waals surface area contributed by atoms with E-state index < -0.39 is 0 Å². The molecule has 1 heterocycles. The van der Waals surface area contributed by atoms with E-state index in [0.29, 0.717) is 11.6 Å². The minimum absolute atomic E-state index is 0.0848. The fourth-order valence-electron chi connectivity index (χ4n) is 2.73. The molecule has 0 radical (unpaired) electrons. The molecule has 106 valence electrons. The van der Waals surface area contributed by atoms with Crippen LogP contribution in [-0.2, 0) is 4.74 Å². The summed E-state index contributed by atoms with van der Waals surface area (Å²) in [5.41, 5.74) is 7.33. The first-order chi connectivity index (χ1) is 9.13. The summed E-state index contributed by atoms with van der Waals surface area (Å²) in [6.45, 7) is 2.57. The second-order valence-electron chi connectivity index (χ2n) is 4.95. The van der Waals surface area contributed by atoms with Gasteiger partial charge < -0.3 is 10.5 Å². The summed E-state index contributed by atoms with van der Waals surface area (Å²) in [5.74, 6) is 0. The van der Waals surface area contributed by atoms with Crippen molar-refractivity contribution in [1.29, 1.82) is 0 Å². The highest BCUT2D eigenvalue weighted by molar-refractivity contribution is 6.33. The molecule has 0 aliphatic carbocycles. The van der Waals surface area contributed by atoms with Gasteiger partial charge >= 0.3 is 0 Å². The van der Waals surface area contributed by atoms with Crippen LogP contribution in [0.5, 0.6) is 0 Å². The number of likely N-dealkylation sites (tertiary alicyclic amines) is 1. The van der Waals surface area contributed by atoms with Crippen molar-refractivity contribution in [2.75, 3.05) is 26.8 Å². The predicted molar refractivity (Wildman–Crippen MR) is 79.9 cm³/mol. The quantitative estimate of drug-likeness (QED) is 0.929. The second-order valence-corrected chi connectivity index (χ2v) is 5.79. The zero-order chi connectivity index (χ0) is 13.8. The van der Waals surface area contributed by atoms with Crippen LogP contribution in [0.2, 0.25) is 10.0 Å². The van der Waals surface area contributed by atoms with Gasteiger partial charge in [0.25, 0.3) is 0 Å². The minimum Gasteiger partial charge on any atom is -0.383 e. The van der Waals surface area contributed by atoms with Crippen LogP contribution in [0.15, 0.2) is 18.2 Å². The number of methoxy groups -OCH3 is 1. The first-order valence-corrected chi connectivity index (χ1v) is 7.32. The van der Waals surface area contributed by atoms with Gasteiger partial charge in [-0.25, -0.2) is 0 Å². The molecule has 2 N–H and O–H groups in total. The Balaban J connectivity index is 2.27. The molecule has 1 saturated heterocycles. The third-order valence-corrected chi connectivity index (χ3v) is 4.22. The maximum Gasteiger partial charge on any atom is 0.0589 e. The maximum absolute atomic E-state index is 6.32. The molecule has 2 rings (SSSR count). The van der Waals surface area contributed by atoms with Crippen LogP contribution >= 0.6 is 23.2 Å². The van der Waals surface area contributed by atoms with E-state index in [1.165, 1.54) is 0 Å². The number of rotatable bonds is 4. The summed E-state index contributed by atoms with van der Waals surface area (Å²) in [7, 11) is 1.71. The van der Waals surface area contributed by atoms with E-state index in [1.807, 2.05) is 12.1 Å². The normalized spacial score (nSPS) is 24.6. The Morgan fingerprint density at radius 2 is 2.21 bits per heavy atom. The number of ether oxygens (including phenoxy) is 1. The molecule has 0 spiro atoms. The third-order valence-electron chi connectivity index (χ3n) is 3.64. The van der Waals surface area contributed by atoms with Gasteiger partial charge in [-0.3, -0.25) is 4.90 Å². The number of nitrogens with two attached hydrogens (primary N) is 1. The lowest BCUT2D eigenvalue weighted by molar-refractivity contribution is 0.0848. The van der Waals surface area contributed by atoms with Gasteiger partial charge in [-0.1, -0.05) is 23.2 Å². The largest absolute Gasteiger partial charge is 0.383 e. The first kappa shape index (κ1) is 15.1. The van der Waals surface area contributed by atoms with Gasteiger partial charge in [-0.15, -0.1) is 0 Å².